The molecule has 34 heavy (non-hydrogen) atoms. The van der Waals surface area contributed by atoms with E-state index >= 15 is 0 Å². The lowest BCUT2D eigenvalue weighted by Gasteiger charge is -2.52. The molecule has 0 N–H and O–H groups in total. The third kappa shape index (κ3) is 6.05. The van der Waals surface area contributed by atoms with Gasteiger partial charge in [-0.15, -0.1) is 0 Å². The Morgan fingerprint density at radius 1 is 0.735 bits per heavy atom. The van der Waals surface area contributed by atoms with E-state index in [1.54, 1.807) is 6.92 Å². The highest BCUT2D eigenvalue weighted by atomic mass is 16.8. The third-order valence-corrected chi connectivity index (χ3v) is 9.29. The standard InChI is InChI=1S/C28H50O6/c1-15-13-27(10,31-22(8)18(15)4)33-26-19(5)16(2)14-28(11,34-26)32-25-21(7)20(6)24(12-17(3)29)23(9)30-25/h15-16,18-26H,12-14H2,1-11H3. The van der Waals surface area contributed by atoms with Crippen LogP contribution >= 0.6 is 0 Å². The molecule has 0 radical (unpaired) electrons. The van der Waals surface area contributed by atoms with Crippen molar-refractivity contribution in [1.82, 2.24) is 0 Å². The van der Waals surface area contributed by atoms with Crippen LogP contribution in [-0.2, 0) is 28.5 Å². The Labute approximate surface area is 207 Å². The van der Waals surface area contributed by atoms with Gasteiger partial charge in [0.2, 0.25) is 0 Å². The summed E-state index contributed by atoms with van der Waals surface area (Å²) in [7, 11) is 0. The molecule has 0 spiro atoms. The fraction of sp³-hybridized carbons (Fsp3) is 0.964. The van der Waals surface area contributed by atoms with E-state index in [0.717, 1.165) is 12.8 Å². The van der Waals surface area contributed by atoms with Gasteiger partial charge in [0.15, 0.2) is 24.2 Å². The van der Waals surface area contributed by atoms with Crippen LogP contribution in [0.5, 0.6) is 0 Å². The van der Waals surface area contributed by atoms with Gasteiger partial charge < -0.3 is 28.5 Å². The monoisotopic (exact) mass is 482 g/mol. The van der Waals surface area contributed by atoms with Crippen LogP contribution in [0.1, 0.15) is 95.4 Å². The number of hydrogen-bond donors (Lipinski definition) is 0. The van der Waals surface area contributed by atoms with Crippen LogP contribution in [0.15, 0.2) is 0 Å². The van der Waals surface area contributed by atoms with Gasteiger partial charge in [-0.2, -0.15) is 0 Å². The van der Waals surface area contributed by atoms with E-state index < -0.39 is 17.9 Å². The Bertz CT molecular complexity index is 699. The quantitative estimate of drug-likeness (QED) is 0.451. The fourth-order valence-corrected chi connectivity index (χ4v) is 6.32. The molecule has 3 aliphatic rings. The Balaban J connectivity index is 1.71. The molecule has 3 fully saturated rings. The summed E-state index contributed by atoms with van der Waals surface area (Å²) in [6.07, 6.45) is 1.43. The van der Waals surface area contributed by atoms with Gasteiger partial charge >= 0.3 is 0 Å². The first kappa shape index (κ1) is 28.0. The molecule has 13 atom stereocenters. The maximum Gasteiger partial charge on any atom is 0.172 e. The van der Waals surface area contributed by atoms with Crippen LogP contribution < -0.4 is 0 Å². The molecular formula is C28H50O6. The summed E-state index contributed by atoms with van der Waals surface area (Å²) in [5.41, 5.74) is 0. The van der Waals surface area contributed by atoms with Crippen LogP contribution in [-0.4, -0.2) is 42.1 Å². The van der Waals surface area contributed by atoms with E-state index in [2.05, 4.69) is 55.4 Å². The van der Waals surface area contributed by atoms with E-state index in [9.17, 15) is 4.79 Å². The minimum atomic E-state index is -0.822. The first-order valence-corrected chi connectivity index (χ1v) is 13.5. The second kappa shape index (κ2) is 10.5. The summed E-state index contributed by atoms with van der Waals surface area (Å²) >= 11 is 0. The van der Waals surface area contributed by atoms with Gasteiger partial charge in [0, 0.05) is 31.1 Å². The number of ketones is 1. The van der Waals surface area contributed by atoms with E-state index in [1.807, 2.05) is 13.8 Å². The van der Waals surface area contributed by atoms with Crippen LogP contribution in [0.25, 0.3) is 0 Å². The fourth-order valence-electron chi connectivity index (χ4n) is 6.32. The zero-order valence-electron chi connectivity index (χ0n) is 23.4. The second-order valence-electron chi connectivity index (χ2n) is 12.4. The van der Waals surface area contributed by atoms with E-state index in [1.165, 1.54) is 0 Å². The molecule has 0 aromatic heterocycles. The van der Waals surface area contributed by atoms with Crippen molar-refractivity contribution >= 4 is 5.78 Å². The molecule has 3 rings (SSSR count). The molecule has 3 aliphatic heterocycles. The van der Waals surface area contributed by atoms with Crippen LogP contribution in [0.3, 0.4) is 0 Å². The lowest BCUT2D eigenvalue weighted by Crippen LogP contribution is -2.57. The molecule has 0 aliphatic carbocycles. The van der Waals surface area contributed by atoms with Crippen molar-refractivity contribution in [2.24, 2.45) is 41.4 Å². The van der Waals surface area contributed by atoms with E-state index in [0.29, 0.717) is 30.1 Å². The van der Waals surface area contributed by atoms with Crippen molar-refractivity contribution in [3.8, 4) is 0 Å². The molecule has 3 heterocycles. The maximum atomic E-state index is 11.8. The maximum absolute atomic E-state index is 11.8. The van der Waals surface area contributed by atoms with E-state index in [4.69, 9.17) is 23.7 Å². The summed E-state index contributed by atoms with van der Waals surface area (Å²) in [6.45, 7) is 23.2. The molecular weight excluding hydrogens is 432 g/mol. The van der Waals surface area contributed by atoms with Gasteiger partial charge in [-0.05, 0) is 64.2 Å². The molecule has 0 aromatic carbocycles. The highest BCUT2D eigenvalue weighted by Gasteiger charge is 2.50. The number of Topliss-reactive ketones (excluding diaryl/α,β-unsaturated/α-hetero) is 1. The minimum Gasteiger partial charge on any atom is -0.349 e. The van der Waals surface area contributed by atoms with Crippen molar-refractivity contribution < 1.29 is 28.5 Å². The average molecular weight is 483 g/mol. The summed E-state index contributed by atoms with van der Waals surface area (Å²) in [6, 6.07) is 0. The molecule has 0 amide bonds. The Kier molecular flexibility index (Phi) is 8.62. The van der Waals surface area contributed by atoms with Gasteiger partial charge in [0.1, 0.15) is 5.78 Å². The minimum absolute atomic E-state index is 0.0461. The molecule has 6 nitrogen and oxygen atoms in total. The number of ether oxygens (including phenoxy) is 5. The zero-order chi connectivity index (χ0) is 25.6. The highest BCUT2D eigenvalue weighted by Crippen LogP contribution is 2.45. The number of rotatable bonds is 6. The molecule has 6 heteroatoms. The summed E-state index contributed by atoms with van der Waals surface area (Å²) < 4.78 is 32.5. The summed E-state index contributed by atoms with van der Waals surface area (Å²) in [5, 5.41) is 0. The van der Waals surface area contributed by atoms with Crippen molar-refractivity contribution in [3.63, 3.8) is 0 Å². The summed E-state index contributed by atoms with van der Waals surface area (Å²) in [5.74, 6) is 0.943. The van der Waals surface area contributed by atoms with Gasteiger partial charge in [-0.3, -0.25) is 0 Å². The normalized spacial score (nSPS) is 52.4. The molecule has 13 unspecified atom stereocenters. The van der Waals surface area contributed by atoms with Crippen LogP contribution in [0, 0.1) is 41.4 Å². The third-order valence-electron chi connectivity index (χ3n) is 9.29. The van der Waals surface area contributed by atoms with Crippen LogP contribution in [0.4, 0.5) is 0 Å². The highest BCUT2D eigenvalue weighted by molar-refractivity contribution is 5.75. The number of hydrogen-bond acceptors (Lipinski definition) is 6. The van der Waals surface area contributed by atoms with Crippen molar-refractivity contribution in [1.29, 1.82) is 0 Å². The average Bonchev–Trinajstić information content (AvgIpc) is 2.71. The van der Waals surface area contributed by atoms with Gasteiger partial charge in [-0.1, -0.05) is 41.5 Å². The second-order valence-corrected chi connectivity index (χ2v) is 12.4. The molecule has 3 saturated heterocycles. The largest absolute Gasteiger partial charge is 0.349 e. The van der Waals surface area contributed by atoms with Crippen LogP contribution in [0.2, 0.25) is 0 Å². The Morgan fingerprint density at radius 3 is 1.82 bits per heavy atom. The van der Waals surface area contributed by atoms with Gasteiger partial charge in [-0.25, -0.2) is 0 Å². The lowest BCUT2D eigenvalue weighted by molar-refractivity contribution is -0.430. The van der Waals surface area contributed by atoms with E-state index in [-0.39, 0.29) is 42.0 Å². The lowest BCUT2D eigenvalue weighted by atomic mass is 9.76. The number of carbonyl (C=O) groups excluding carboxylic acids is 1. The van der Waals surface area contributed by atoms with Gasteiger partial charge in [0.25, 0.3) is 0 Å². The zero-order valence-corrected chi connectivity index (χ0v) is 23.4. The first-order valence-electron chi connectivity index (χ1n) is 13.5. The molecule has 0 aromatic rings. The summed E-state index contributed by atoms with van der Waals surface area (Å²) in [4.78, 5) is 11.8. The predicted octanol–water partition coefficient (Wildman–Crippen LogP) is 6.16. The van der Waals surface area contributed by atoms with Crippen molar-refractivity contribution in [2.75, 3.05) is 0 Å². The molecule has 198 valence electrons. The SMILES string of the molecule is CC(=O)CC1C(C)OC(OC2(C)CC(C)C(C)C(OC3(C)CC(C)C(C)C(C)O3)O2)C(C)C1C. The topological polar surface area (TPSA) is 63.2 Å². The molecule has 0 bridgehead atoms. The Hall–Kier alpha value is -0.530. The van der Waals surface area contributed by atoms with Gasteiger partial charge in [0.05, 0.1) is 12.2 Å². The smallest absolute Gasteiger partial charge is 0.172 e. The van der Waals surface area contributed by atoms with Crippen molar-refractivity contribution in [2.45, 2.75) is 132 Å². The Morgan fingerprint density at radius 2 is 1.26 bits per heavy atom. The number of carbonyl (C=O) groups is 1. The molecule has 0 saturated carbocycles. The van der Waals surface area contributed by atoms with Crippen molar-refractivity contribution in [3.05, 3.63) is 0 Å². The predicted molar refractivity (Wildman–Crippen MR) is 132 cm³/mol. The first-order chi connectivity index (χ1) is 15.6.